The highest BCUT2D eigenvalue weighted by molar-refractivity contribution is 5.97. The second-order valence-electron chi connectivity index (χ2n) is 6.97. The molecule has 1 aromatic carbocycles. The molecule has 132 valence electrons. The van der Waals surface area contributed by atoms with Crippen LogP contribution in [0.4, 0.5) is 4.79 Å². The number of likely N-dealkylation sites (tertiary alicyclic amines) is 1. The van der Waals surface area contributed by atoms with E-state index in [4.69, 9.17) is 15.1 Å². The van der Waals surface area contributed by atoms with Gasteiger partial charge in [-0.3, -0.25) is 9.59 Å². The molecule has 1 aliphatic rings. The Morgan fingerprint density at radius 3 is 2.40 bits per heavy atom. The van der Waals surface area contributed by atoms with Gasteiger partial charge < -0.3 is 9.84 Å². The van der Waals surface area contributed by atoms with Gasteiger partial charge in [-0.25, -0.2) is 9.69 Å². The smallest absolute Gasteiger partial charge is 0.417 e. The molecule has 1 fully saturated rings. The van der Waals surface area contributed by atoms with Crippen LogP contribution in [0.25, 0.3) is 0 Å². The maximum absolute atomic E-state index is 12.6. The number of carbonyl (C=O) groups is 3. The molecule has 1 aliphatic heterocycles. The number of imide groups is 1. The number of benzene rings is 1. The topological polar surface area (TPSA) is 108 Å². The number of carboxylic acids is 1. The third-order valence-electron chi connectivity index (χ3n) is 3.84. The van der Waals surface area contributed by atoms with Gasteiger partial charge in [0.1, 0.15) is 5.60 Å². The number of rotatable bonds is 3. The summed E-state index contributed by atoms with van der Waals surface area (Å²) in [7, 11) is 0. The Bertz CT molecular complexity index is 727. The fraction of sp³-hybridized carbons (Fsp3) is 0.444. The molecule has 2 rings (SSSR count). The first kappa shape index (κ1) is 18.5. The zero-order valence-corrected chi connectivity index (χ0v) is 14.4. The van der Waals surface area contributed by atoms with E-state index in [2.05, 4.69) is 0 Å². The van der Waals surface area contributed by atoms with Crippen molar-refractivity contribution in [2.24, 2.45) is 5.92 Å². The molecular weight excluding hydrogens is 324 g/mol. The highest BCUT2D eigenvalue weighted by Crippen LogP contribution is 2.39. The number of amides is 2. The van der Waals surface area contributed by atoms with Gasteiger partial charge in [-0.15, -0.1) is 0 Å². The molecule has 2 amide bonds. The molecule has 0 aliphatic carbocycles. The highest BCUT2D eigenvalue weighted by atomic mass is 16.6. The molecule has 0 bridgehead atoms. The van der Waals surface area contributed by atoms with Gasteiger partial charge in [0.25, 0.3) is 0 Å². The Hall–Kier alpha value is -2.88. The lowest BCUT2D eigenvalue weighted by molar-refractivity contribution is -0.142. The van der Waals surface area contributed by atoms with Crippen molar-refractivity contribution in [3.05, 3.63) is 35.4 Å². The summed E-state index contributed by atoms with van der Waals surface area (Å²) in [6.07, 6.45) is -0.930. The number of ether oxygens (including phenoxy) is 1. The molecule has 0 radical (unpaired) electrons. The van der Waals surface area contributed by atoms with Crippen LogP contribution < -0.4 is 0 Å². The third-order valence-corrected chi connectivity index (χ3v) is 3.84. The Balaban J connectivity index is 2.35. The van der Waals surface area contributed by atoms with Gasteiger partial charge in [-0.1, -0.05) is 12.1 Å². The van der Waals surface area contributed by atoms with Gasteiger partial charge in [-0.2, -0.15) is 5.26 Å². The summed E-state index contributed by atoms with van der Waals surface area (Å²) in [5.74, 6) is -2.43. The van der Waals surface area contributed by atoms with E-state index in [-0.39, 0.29) is 12.8 Å². The van der Waals surface area contributed by atoms with Gasteiger partial charge in [-0.05, 0) is 44.9 Å². The molecule has 0 aromatic heterocycles. The second-order valence-corrected chi connectivity index (χ2v) is 6.97. The lowest BCUT2D eigenvalue weighted by Crippen LogP contribution is -2.40. The zero-order chi connectivity index (χ0) is 18.8. The van der Waals surface area contributed by atoms with Crippen molar-refractivity contribution < 1.29 is 24.2 Å². The van der Waals surface area contributed by atoms with Gasteiger partial charge in [0.05, 0.1) is 30.0 Å². The van der Waals surface area contributed by atoms with Crippen LogP contribution in [0.2, 0.25) is 0 Å². The average molecular weight is 344 g/mol. The number of nitriles is 1. The molecule has 0 saturated carbocycles. The molecule has 7 nitrogen and oxygen atoms in total. The number of nitrogens with zero attached hydrogens (tertiary/aromatic N) is 2. The van der Waals surface area contributed by atoms with Gasteiger partial charge >= 0.3 is 12.1 Å². The fourth-order valence-corrected chi connectivity index (χ4v) is 2.80. The lowest BCUT2D eigenvalue weighted by atomic mass is 9.97. The predicted octanol–water partition coefficient (Wildman–Crippen LogP) is 2.86. The summed E-state index contributed by atoms with van der Waals surface area (Å²) in [6.45, 7) is 5.07. The molecule has 1 aromatic rings. The minimum Gasteiger partial charge on any atom is -0.481 e. The van der Waals surface area contributed by atoms with Crippen LogP contribution in [0.3, 0.4) is 0 Å². The Kier molecular flexibility index (Phi) is 5.12. The van der Waals surface area contributed by atoms with Crippen LogP contribution in [0, 0.1) is 17.2 Å². The normalized spacial score (nSPS) is 20.2. The Morgan fingerprint density at radius 2 is 1.92 bits per heavy atom. The summed E-state index contributed by atoms with van der Waals surface area (Å²) in [5.41, 5.74) is 0.336. The van der Waals surface area contributed by atoms with Crippen molar-refractivity contribution in [2.45, 2.75) is 45.3 Å². The van der Waals surface area contributed by atoms with Crippen molar-refractivity contribution in [1.82, 2.24) is 4.90 Å². The monoisotopic (exact) mass is 344 g/mol. The summed E-state index contributed by atoms with van der Waals surface area (Å²) in [4.78, 5) is 37.1. The number of aliphatic carboxylic acids is 1. The van der Waals surface area contributed by atoms with Crippen molar-refractivity contribution in [1.29, 1.82) is 5.26 Å². The Morgan fingerprint density at radius 1 is 1.32 bits per heavy atom. The number of carbonyl (C=O) groups excluding carboxylic acids is 2. The molecule has 7 heteroatoms. The van der Waals surface area contributed by atoms with Crippen molar-refractivity contribution in [2.75, 3.05) is 0 Å². The molecule has 2 atom stereocenters. The van der Waals surface area contributed by atoms with E-state index in [0.29, 0.717) is 11.1 Å². The minimum absolute atomic E-state index is 0.205. The fourth-order valence-electron chi connectivity index (χ4n) is 2.80. The molecule has 1 N–H and O–H groups in total. The van der Waals surface area contributed by atoms with E-state index in [0.717, 1.165) is 4.90 Å². The summed E-state index contributed by atoms with van der Waals surface area (Å²) >= 11 is 0. The molecule has 1 heterocycles. The van der Waals surface area contributed by atoms with Crippen LogP contribution in [0.15, 0.2) is 24.3 Å². The first-order valence-electron chi connectivity index (χ1n) is 7.90. The van der Waals surface area contributed by atoms with E-state index in [9.17, 15) is 14.4 Å². The van der Waals surface area contributed by atoms with Gasteiger partial charge in [0.15, 0.2) is 0 Å². The first-order valence-corrected chi connectivity index (χ1v) is 7.90. The number of hydrogen-bond acceptors (Lipinski definition) is 5. The minimum atomic E-state index is -1.09. The maximum atomic E-state index is 12.6. The molecule has 0 unspecified atom stereocenters. The van der Waals surface area contributed by atoms with Crippen LogP contribution in [0.1, 0.15) is 50.8 Å². The maximum Gasteiger partial charge on any atom is 0.417 e. The van der Waals surface area contributed by atoms with Crippen LogP contribution in [-0.4, -0.2) is 33.6 Å². The molecule has 1 saturated heterocycles. The van der Waals surface area contributed by atoms with Crippen molar-refractivity contribution in [3.8, 4) is 6.07 Å². The average Bonchev–Trinajstić information content (AvgIpc) is 2.82. The van der Waals surface area contributed by atoms with E-state index in [1.807, 2.05) is 6.07 Å². The molecule has 0 spiro atoms. The zero-order valence-electron chi connectivity index (χ0n) is 14.4. The summed E-state index contributed by atoms with van der Waals surface area (Å²) in [5, 5.41) is 17.9. The number of carboxylic acid groups (broad SMARTS) is 1. The van der Waals surface area contributed by atoms with Crippen LogP contribution in [0.5, 0.6) is 0 Å². The lowest BCUT2D eigenvalue weighted by Gasteiger charge is -2.27. The van der Waals surface area contributed by atoms with Gasteiger partial charge in [0.2, 0.25) is 5.91 Å². The van der Waals surface area contributed by atoms with E-state index >= 15 is 0 Å². The predicted molar refractivity (Wildman–Crippen MR) is 87.3 cm³/mol. The van der Waals surface area contributed by atoms with E-state index < -0.39 is 35.5 Å². The number of hydrogen-bond donors (Lipinski definition) is 1. The summed E-state index contributed by atoms with van der Waals surface area (Å²) < 4.78 is 5.31. The van der Waals surface area contributed by atoms with Crippen molar-refractivity contribution >= 4 is 18.0 Å². The standard InChI is InChI=1S/C18H20N2O5/c1-18(2,3)25-17(24)20-14(8-13(16(20)23)9-15(21)22)12-6-4-11(10-19)5-7-12/h4-7,13-14H,8-9H2,1-3H3,(H,21,22)/t13-,14-/m1/s1. The first-order chi connectivity index (χ1) is 11.6. The quantitative estimate of drug-likeness (QED) is 0.903. The molecular formula is C18H20N2O5. The van der Waals surface area contributed by atoms with Crippen molar-refractivity contribution in [3.63, 3.8) is 0 Å². The second kappa shape index (κ2) is 6.93. The molecule has 25 heavy (non-hydrogen) atoms. The largest absolute Gasteiger partial charge is 0.481 e. The third kappa shape index (κ3) is 4.35. The SMILES string of the molecule is CC(C)(C)OC(=O)N1C(=O)[C@@H](CC(=O)O)C[C@@H]1c1ccc(C#N)cc1. The Labute approximate surface area is 145 Å². The van der Waals surface area contributed by atoms with Crippen LogP contribution >= 0.6 is 0 Å². The van der Waals surface area contributed by atoms with E-state index in [1.165, 1.54) is 0 Å². The summed E-state index contributed by atoms with van der Waals surface area (Å²) in [6, 6.07) is 7.91. The van der Waals surface area contributed by atoms with Crippen LogP contribution in [-0.2, 0) is 14.3 Å². The van der Waals surface area contributed by atoms with E-state index in [1.54, 1.807) is 45.0 Å². The highest BCUT2D eigenvalue weighted by Gasteiger charge is 2.46. The van der Waals surface area contributed by atoms with Gasteiger partial charge in [0, 0.05) is 0 Å².